The monoisotopic (exact) mass is 410 g/mol. The molecule has 2 aliphatic heterocycles. The average molecular weight is 411 g/mol. The van der Waals surface area contributed by atoms with Gasteiger partial charge in [-0.15, -0.1) is 11.8 Å². The zero-order valence-electron chi connectivity index (χ0n) is 16.4. The molecule has 0 spiro atoms. The third-order valence-electron chi connectivity index (χ3n) is 5.36. The lowest BCUT2D eigenvalue weighted by Crippen LogP contribution is -2.48. The van der Waals surface area contributed by atoms with Crippen molar-refractivity contribution in [2.75, 3.05) is 38.5 Å². The fraction of sp³-hybridized carbons (Fsp3) is 0.667. The number of ether oxygens (including phenoxy) is 1. The van der Waals surface area contributed by atoms with Gasteiger partial charge >= 0.3 is 0 Å². The van der Waals surface area contributed by atoms with Gasteiger partial charge < -0.3 is 9.64 Å². The molecule has 0 bridgehead atoms. The van der Waals surface area contributed by atoms with Crippen LogP contribution in [0.15, 0.2) is 24.3 Å². The molecule has 4 nitrogen and oxygen atoms in total. The Morgan fingerprint density at radius 3 is 2.59 bits per heavy atom. The molecule has 0 radical (unpaired) electrons. The van der Waals surface area contributed by atoms with Gasteiger partial charge in [-0.3, -0.25) is 9.69 Å². The number of likely N-dealkylation sites (tertiary alicyclic amines) is 1. The van der Waals surface area contributed by atoms with Crippen LogP contribution in [0.3, 0.4) is 0 Å². The van der Waals surface area contributed by atoms with Crippen molar-refractivity contribution in [3.05, 3.63) is 34.9 Å². The quantitative estimate of drug-likeness (QED) is 0.711. The second-order valence-electron chi connectivity index (χ2n) is 7.92. The first-order chi connectivity index (χ1) is 13.0. The number of morpholine rings is 1. The lowest BCUT2D eigenvalue weighted by Gasteiger charge is -2.39. The molecule has 1 amide bonds. The van der Waals surface area contributed by atoms with Crippen LogP contribution >= 0.6 is 23.4 Å². The van der Waals surface area contributed by atoms with Crippen LogP contribution in [0.1, 0.15) is 32.3 Å². The van der Waals surface area contributed by atoms with Gasteiger partial charge in [-0.05, 0) is 50.3 Å². The van der Waals surface area contributed by atoms with Crippen molar-refractivity contribution < 1.29 is 9.53 Å². The molecule has 1 aromatic carbocycles. The van der Waals surface area contributed by atoms with Gasteiger partial charge in [0.05, 0.1) is 18.0 Å². The molecule has 2 heterocycles. The number of carbonyl (C=O) groups is 1. The van der Waals surface area contributed by atoms with E-state index in [0.29, 0.717) is 23.9 Å². The maximum Gasteiger partial charge on any atom is 0.232 e. The normalized spacial score (nSPS) is 24.9. The Morgan fingerprint density at radius 1 is 1.22 bits per heavy atom. The molecular formula is C21H31ClN2O2S. The summed E-state index contributed by atoms with van der Waals surface area (Å²) in [7, 11) is 0. The summed E-state index contributed by atoms with van der Waals surface area (Å²) in [6, 6.07) is 7.87. The Hall–Kier alpha value is -0.750. The van der Waals surface area contributed by atoms with Gasteiger partial charge in [-0.25, -0.2) is 0 Å². The number of rotatable bonds is 6. The predicted octanol–water partition coefficient (Wildman–Crippen LogP) is 3.92. The van der Waals surface area contributed by atoms with E-state index in [2.05, 4.69) is 24.8 Å². The molecule has 3 rings (SSSR count). The number of benzene rings is 1. The smallest absolute Gasteiger partial charge is 0.232 e. The van der Waals surface area contributed by atoms with Crippen LogP contribution in [-0.4, -0.2) is 66.4 Å². The first-order valence-electron chi connectivity index (χ1n) is 9.97. The summed E-state index contributed by atoms with van der Waals surface area (Å²) in [5, 5.41) is 0.755. The summed E-state index contributed by atoms with van der Waals surface area (Å²) < 4.78 is 5.83. The first-order valence-corrected chi connectivity index (χ1v) is 11.5. The average Bonchev–Trinajstić information content (AvgIpc) is 2.61. The number of halogens is 1. The highest BCUT2D eigenvalue weighted by Gasteiger charge is 2.27. The van der Waals surface area contributed by atoms with Crippen molar-refractivity contribution in [1.29, 1.82) is 0 Å². The van der Waals surface area contributed by atoms with Gasteiger partial charge in [0.1, 0.15) is 0 Å². The van der Waals surface area contributed by atoms with E-state index >= 15 is 0 Å². The highest BCUT2D eigenvalue weighted by Crippen LogP contribution is 2.22. The van der Waals surface area contributed by atoms with Gasteiger partial charge in [0.15, 0.2) is 0 Å². The minimum Gasteiger partial charge on any atom is -0.373 e. The third-order valence-corrected chi connectivity index (χ3v) is 6.59. The Labute approximate surface area is 172 Å². The van der Waals surface area contributed by atoms with Crippen molar-refractivity contribution in [3.63, 3.8) is 0 Å². The van der Waals surface area contributed by atoms with Crippen LogP contribution in [0.25, 0.3) is 0 Å². The largest absolute Gasteiger partial charge is 0.373 e. The van der Waals surface area contributed by atoms with Crippen molar-refractivity contribution in [3.8, 4) is 0 Å². The molecule has 150 valence electrons. The lowest BCUT2D eigenvalue weighted by molar-refractivity contribution is -0.129. The van der Waals surface area contributed by atoms with E-state index in [9.17, 15) is 4.79 Å². The van der Waals surface area contributed by atoms with Gasteiger partial charge in [0.2, 0.25) is 5.91 Å². The Bertz CT molecular complexity index is 612. The number of amides is 1. The highest BCUT2D eigenvalue weighted by molar-refractivity contribution is 7.99. The topological polar surface area (TPSA) is 32.8 Å². The zero-order chi connectivity index (χ0) is 19.2. The number of hydrogen-bond donors (Lipinski definition) is 0. The van der Waals surface area contributed by atoms with Gasteiger partial charge in [-0.1, -0.05) is 23.7 Å². The van der Waals surface area contributed by atoms with Crippen LogP contribution in [-0.2, 0) is 15.3 Å². The third kappa shape index (κ3) is 6.67. The fourth-order valence-corrected chi connectivity index (χ4v) is 5.23. The van der Waals surface area contributed by atoms with Crippen molar-refractivity contribution in [2.45, 2.75) is 44.6 Å². The standard InChI is InChI=1S/C21H31ClN2O2S/c1-16-11-23(12-17(2)26-16)13-18-6-8-24(9-7-18)21(25)15-27-14-19-4-3-5-20(22)10-19/h3-5,10,16-18H,6-9,11-15H2,1-2H3. The van der Waals surface area contributed by atoms with Gasteiger partial charge in [0, 0.05) is 43.5 Å². The molecule has 2 fully saturated rings. The summed E-state index contributed by atoms with van der Waals surface area (Å²) >= 11 is 7.69. The molecule has 0 aromatic heterocycles. The minimum atomic E-state index is 0.272. The molecule has 1 aromatic rings. The molecule has 2 atom stereocenters. The molecule has 2 aliphatic rings. The maximum absolute atomic E-state index is 12.5. The molecule has 0 saturated carbocycles. The summed E-state index contributed by atoms with van der Waals surface area (Å²) in [6.07, 6.45) is 2.88. The molecule has 0 aliphatic carbocycles. The Kier molecular flexibility index (Phi) is 7.88. The van der Waals surface area contributed by atoms with Crippen LogP contribution < -0.4 is 0 Å². The Balaban J connectivity index is 1.35. The van der Waals surface area contributed by atoms with Crippen LogP contribution in [0.4, 0.5) is 0 Å². The molecule has 0 N–H and O–H groups in total. The summed E-state index contributed by atoms with van der Waals surface area (Å²) in [6.45, 7) is 9.32. The number of nitrogens with zero attached hydrogens (tertiary/aromatic N) is 2. The van der Waals surface area contributed by atoms with Crippen LogP contribution in [0, 0.1) is 5.92 Å². The molecule has 6 heteroatoms. The fourth-order valence-electron chi connectivity index (χ4n) is 4.14. The van der Waals surface area contributed by atoms with E-state index in [1.807, 2.05) is 23.1 Å². The molecule has 27 heavy (non-hydrogen) atoms. The molecule has 2 unspecified atom stereocenters. The second kappa shape index (κ2) is 10.1. The van der Waals surface area contributed by atoms with E-state index in [-0.39, 0.29) is 5.91 Å². The van der Waals surface area contributed by atoms with Crippen LogP contribution in [0.5, 0.6) is 0 Å². The summed E-state index contributed by atoms with van der Waals surface area (Å²) in [4.78, 5) is 17.1. The van der Waals surface area contributed by atoms with Crippen molar-refractivity contribution >= 4 is 29.3 Å². The Morgan fingerprint density at radius 2 is 1.93 bits per heavy atom. The van der Waals surface area contributed by atoms with E-state index in [0.717, 1.165) is 56.3 Å². The van der Waals surface area contributed by atoms with Gasteiger partial charge in [0.25, 0.3) is 0 Å². The van der Waals surface area contributed by atoms with Crippen molar-refractivity contribution in [2.24, 2.45) is 5.92 Å². The summed E-state index contributed by atoms with van der Waals surface area (Å²) in [5.41, 5.74) is 1.17. The first kappa shape index (κ1) is 21.0. The van der Waals surface area contributed by atoms with Gasteiger partial charge in [-0.2, -0.15) is 0 Å². The number of hydrogen-bond acceptors (Lipinski definition) is 4. The summed E-state index contributed by atoms with van der Waals surface area (Å²) in [5.74, 6) is 2.35. The van der Waals surface area contributed by atoms with E-state index in [4.69, 9.17) is 16.3 Å². The predicted molar refractivity (Wildman–Crippen MR) is 113 cm³/mol. The molecule has 2 saturated heterocycles. The number of thioether (sulfide) groups is 1. The highest BCUT2D eigenvalue weighted by atomic mass is 35.5. The number of piperidine rings is 1. The second-order valence-corrected chi connectivity index (χ2v) is 9.34. The van der Waals surface area contributed by atoms with Crippen molar-refractivity contribution in [1.82, 2.24) is 9.80 Å². The van der Waals surface area contributed by atoms with E-state index < -0.39 is 0 Å². The SMILES string of the molecule is CC1CN(CC2CCN(C(=O)CSCc3cccc(Cl)c3)CC2)CC(C)O1. The minimum absolute atomic E-state index is 0.272. The molecular weight excluding hydrogens is 380 g/mol. The van der Waals surface area contributed by atoms with Crippen LogP contribution in [0.2, 0.25) is 5.02 Å². The van der Waals surface area contributed by atoms with E-state index in [1.165, 1.54) is 5.56 Å². The maximum atomic E-state index is 12.5. The lowest BCUT2D eigenvalue weighted by atomic mass is 9.95. The van der Waals surface area contributed by atoms with E-state index in [1.54, 1.807) is 11.8 Å². The zero-order valence-corrected chi connectivity index (χ0v) is 18.0. The number of carbonyl (C=O) groups excluding carboxylic acids is 1.